The Bertz CT molecular complexity index is 286. The number of hydrogen-bond donors (Lipinski definition) is 2. The monoisotopic (exact) mass is 394 g/mol. The molecule has 1 unspecified atom stereocenters. The van der Waals surface area contributed by atoms with Crippen molar-refractivity contribution in [1.82, 2.24) is 15.5 Å². The maximum Gasteiger partial charge on any atom is 0.191 e. The maximum absolute atomic E-state index is 4.73. The minimum Gasteiger partial charge on any atom is -0.357 e. The molecule has 1 saturated heterocycles. The Balaban J connectivity index is 0.00000200. The molecule has 1 aliphatic heterocycles. The predicted octanol–water partition coefficient (Wildman–Crippen LogP) is 2.44. The lowest BCUT2D eigenvalue weighted by Gasteiger charge is -2.28. The van der Waals surface area contributed by atoms with Crippen molar-refractivity contribution in [2.75, 3.05) is 32.7 Å². The van der Waals surface area contributed by atoms with E-state index >= 15 is 0 Å². The highest BCUT2D eigenvalue weighted by Crippen LogP contribution is 2.18. The summed E-state index contributed by atoms with van der Waals surface area (Å²) in [5.74, 6) is 1.66. The highest BCUT2D eigenvalue weighted by molar-refractivity contribution is 14.0. The van der Waals surface area contributed by atoms with Crippen LogP contribution >= 0.6 is 24.0 Å². The van der Waals surface area contributed by atoms with Crippen molar-refractivity contribution in [3.8, 4) is 0 Å². The van der Waals surface area contributed by atoms with Gasteiger partial charge in [-0.1, -0.05) is 13.3 Å². The van der Waals surface area contributed by atoms with Crippen molar-refractivity contribution in [2.24, 2.45) is 10.9 Å². The molecule has 0 aromatic carbocycles. The Labute approximate surface area is 141 Å². The standard InChI is InChI=1S/C15H30N4.HI/c1-3-16-15(18-14-7-8-14)17-11-13(2)12-19-9-5-4-6-10-19;/h13-14H,3-12H2,1-2H3,(H2,16,17,18);1H. The van der Waals surface area contributed by atoms with E-state index in [1.54, 1.807) is 0 Å². The van der Waals surface area contributed by atoms with Crippen LogP contribution in [0.4, 0.5) is 0 Å². The molecule has 2 N–H and O–H groups in total. The number of nitrogens with one attached hydrogen (secondary N) is 2. The Morgan fingerprint density at radius 1 is 1.25 bits per heavy atom. The fraction of sp³-hybridized carbons (Fsp3) is 0.933. The predicted molar refractivity (Wildman–Crippen MR) is 97.0 cm³/mol. The Kier molecular flexibility index (Phi) is 8.84. The van der Waals surface area contributed by atoms with Crippen molar-refractivity contribution < 1.29 is 0 Å². The van der Waals surface area contributed by atoms with Gasteiger partial charge in [-0.2, -0.15) is 0 Å². The van der Waals surface area contributed by atoms with Crippen LogP contribution in [0, 0.1) is 5.92 Å². The number of guanidine groups is 1. The lowest BCUT2D eigenvalue weighted by molar-refractivity contribution is 0.203. The van der Waals surface area contributed by atoms with Gasteiger partial charge >= 0.3 is 0 Å². The van der Waals surface area contributed by atoms with E-state index in [1.165, 1.54) is 51.7 Å². The van der Waals surface area contributed by atoms with Gasteiger partial charge in [0.25, 0.3) is 0 Å². The number of piperidine rings is 1. The van der Waals surface area contributed by atoms with Gasteiger partial charge in [0.15, 0.2) is 5.96 Å². The highest BCUT2D eigenvalue weighted by atomic mass is 127. The molecule has 0 aromatic heterocycles. The lowest BCUT2D eigenvalue weighted by atomic mass is 10.1. The normalized spacial score (nSPS) is 22.0. The first-order valence-corrected chi connectivity index (χ1v) is 8.05. The number of rotatable bonds is 6. The molecule has 5 heteroatoms. The first kappa shape index (κ1) is 18.0. The Morgan fingerprint density at radius 3 is 2.55 bits per heavy atom. The average Bonchev–Trinajstić information content (AvgIpc) is 3.21. The topological polar surface area (TPSA) is 39.7 Å². The fourth-order valence-corrected chi connectivity index (χ4v) is 2.63. The van der Waals surface area contributed by atoms with Crippen LogP contribution in [0.1, 0.15) is 46.0 Å². The molecular formula is C15H31IN4. The highest BCUT2D eigenvalue weighted by Gasteiger charge is 2.22. The van der Waals surface area contributed by atoms with Gasteiger partial charge < -0.3 is 15.5 Å². The number of halogens is 1. The molecule has 0 spiro atoms. The smallest absolute Gasteiger partial charge is 0.191 e. The summed E-state index contributed by atoms with van der Waals surface area (Å²) in [5.41, 5.74) is 0. The van der Waals surface area contributed by atoms with Crippen molar-refractivity contribution in [1.29, 1.82) is 0 Å². The molecule has 1 heterocycles. The van der Waals surface area contributed by atoms with Crippen molar-refractivity contribution in [3.63, 3.8) is 0 Å². The Hall–Kier alpha value is -0.0400. The quantitative estimate of drug-likeness (QED) is 0.413. The molecule has 0 bridgehead atoms. The summed E-state index contributed by atoms with van der Waals surface area (Å²) in [4.78, 5) is 7.33. The van der Waals surface area contributed by atoms with E-state index in [0.29, 0.717) is 12.0 Å². The summed E-state index contributed by atoms with van der Waals surface area (Å²) < 4.78 is 0. The van der Waals surface area contributed by atoms with Crippen LogP contribution in [0.2, 0.25) is 0 Å². The van der Waals surface area contributed by atoms with Gasteiger partial charge in [-0.25, -0.2) is 0 Å². The van der Waals surface area contributed by atoms with Gasteiger partial charge in [0.05, 0.1) is 0 Å². The van der Waals surface area contributed by atoms with Crippen LogP contribution in [-0.4, -0.2) is 49.6 Å². The molecular weight excluding hydrogens is 363 g/mol. The van der Waals surface area contributed by atoms with Gasteiger partial charge in [0, 0.05) is 25.7 Å². The molecule has 20 heavy (non-hydrogen) atoms. The van der Waals surface area contributed by atoms with E-state index < -0.39 is 0 Å². The molecule has 118 valence electrons. The zero-order chi connectivity index (χ0) is 13.5. The number of nitrogens with zero attached hydrogens (tertiary/aromatic N) is 2. The second-order valence-electron chi connectivity index (χ2n) is 6.10. The van der Waals surface area contributed by atoms with E-state index in [4.69, 9.17) is 4.99 Å². The second-order valence-corrected chi connectivity index (χ2v) is 6.10. The van der Waals surface area contributed by atoms with Gasteiger partial charge in [0.2, 0.25) is 0 Å². The van der Waals surface area contributed by atoms with Gasteiger partial charge in [-0.05, 0) is 51.6 Å². The third kappa shape index (κ3) is 7.11. The molecule has 1 aliphatic carbocycles. The molecule has 0 radical (unpaired) electrons. The second kappa shape index (κ2) is 9.82. The zero-order valence-corrected chi connectivity index (χ0v) is 15.4. The Morgan fingerprint density at radius 2 is 1.95 bits per heavy atom. The number of hydrogen-bond acceptors (Lipinski definition) is 2. The minimum absolute atomic E-state index is 0. The summed E-state index contributed by atoms with van der Waals surface area (Å²) >= 11 is 0. The van der Waals surface area contributed by atoms with Crippen LogP contribution in [0.25, 0.3) is 0 Å². The number of aliphatic imine (C=N–C) groups is 1. The van der Waals surface area contributed by atoms with Crippen molar-refractivity contribution in [3.05, 3.63) is 0 Å². The van der Waals surface area contributed by atoms with Gasteiger partial charge in [-0.15, -0.1) is 24.0 Å². The van der Waals surface area contributed by atoms with E-state index in [1.807, 2.05) is 0 Å². The van der Waals surface area contributed by atoms with Gasteiger partial charge in [-0.3, -0.25) is 4.99 Å². The molecule has 2 aliphatic rings. The zero-order valence-electron chi connectivity index (χ0n) is 13.0. The summed E-state index contributed by atoms with van der Waals surface area (Å²) in [6.07, 6.45) is 6.77. The summed E-state index contributed by atoms with van der Waals surface area (Å²) in [6, 6.07) is 0.676. The molecule has 2 fully saturated rings. The largest absolute Gasteiger partial charge is 0.357 e. The van der Waals surface area contributed by atoms with Crippen LogP contribution in [0.15, 0.2) is 4.99 Å². The van der Waals surface area contributed by atoms with E-state index in [0.717, 1.165) is 19.0 Å². The molecule has 0 aromatic rings. The van der Waals surface area contributed by atoms with Gasteiger partial charge in [0.1, 0.15) is 0 Å². The number of likely N-dealkylation sites (tertiary alicyclic amines) is 1. The van der Waals surface area contributed by atoms with E-state index in [-0.39, 0.29) is 24.0 Å². The lowest BCUT2D eigenvalue weighted by Crippen LogP contribution is -2.39. The fourth-order valence-electron chi connectivity index (χ4n) is 2.63. The third-order valence-corrected chi connectivity index (χ3v) is 3.84. The summed E-state index contributed by atoms with van der Waals surface area (Å²) in [5, 5.41) is 6.81. The van der Waals surface area contributed by atoms with Crippen LogP contribution in [0.3, 0.4) is 0 Å². The first-order chi connectivity index (χ1) is 9.28. The van der Waals surface area contributed by atoms with Crippen molar-refractivity contribution >= 4 is 29.9 Å². The van der Waals surface area contributed by atoms with E-state index in [9.17, 15) is 0 Å². The third-order valence-electron chi connectivity index (χ3n) is 3.84. The summed E-state index contributed by atoms with van der Waals surface area (Å²) in [6.45, 7) is 10.1. The summed E-state index contributed by atoms with van der Waals surface area (Å²) in [7, 11) is 0. The molecule has 1 saturated carbocycles. The molecule has 0 amide bonds. The van der Waals surface area contributed by atoms with Crippen LogP contribution in [0.5, 0.6) is 0 Å². The molecule has 2 rings (SSSR count). The molecule has 1 atom stereocenters. The van der Waals surface area contributed by atoms with Crippen LogP contribution < -0.4 is 10.6 Å². The average molecular weight is 394 g/mol. The SMILES string of the molecule is CCNC(=NCC(C)CN1CCCCC1)NC1CC1.I. The van der Waals surface area contributed by atoms with E-state index in [2.05, 4.69) is 29.4 Å². The van der Waals surface area contributed by atoms with Crippen molar-refractivity contribution in [2.45, 2.75) is 52.0 Å². The van der Waals surface area contributed by atoms with Crippen LogP contribution in [-0.2, 0) is 0 Å². The minimum atomic E-state index is 0. The molecule has 4 nitrogen and oxygen atoms in total. The first-order valence-electron chi connectivity index (χ1n) is 8.05. The maximum atomic E-state index is 4.73.